The van der Waals surface area contributed by atoms with Crippen molar-refractivity contribution in [2.45, 2.75) is 26.7 Å². The van der Waals surface area contributed by atoms with Crippen molar-refractivity contribution in [3.05, 3.63) is 58.1 Å². The number of carbonyl (C=O) groups is 1. The molecule has 0 radical (unpaired) electrons. The quantitative estimate of drug-likeness (QED) is 0.503. The van der Waals surface area contributed by atoms with E-state index in [0.717, 1.165) is 27.8 Å². The molecule has 0 spiro atoms. The van der Waals surface area contributed by atoms with Gasteiger partial charge in [-0.3, -0.25) is 9.79 Å². The first-order chi connectivity index (χ1) is 12.0. The van der Waals surface area contributed by atoms with Crippen molar-refractivity contribution in [2.75, 3.05) is 17.2 Å². The van der Waals surface area contributed by atoms with Crippen LogP contribution in [0, 0.1) is 6.92 Å². The monoisotopic (exact) mass is 402 g/mol. The van der Waals surface area contributed by atoms with Crippen molar-refractivity contribution in [2.24, 2.45) is 10.7 Å². The molecule has 25 heavy (non-hydrogen) atoms. The Morgan fingerprint density at radius 2 is 2.00 bits per heavy atom. The van der Waals surface area contributed by atoms with Crippen molar-refractivity contribution in [3.8, 4) is 0 Å². The second kappa shape index (κ2) is 9.22. The lowest BCUT2D eigenvalue weighted by Gasteiger charge is -2.09. The number of hydrogen-bond acceptors (Lipinski definition) is 2. The van der Waals surface area contributed by atoms with E-state index in [4.69, 9.17) is 5.73 Å². The standard InChI is InChI=1S/C19H23BrN4O/c1-3-14-5-4-6-16(12-14)23-19(21)22-10-9-18(25)24-17-8-7-15(20)11-13(17)2/h4-8,11-12H,3,9-10H2,1-2H3,(H,24,25)(H3,21,22,23). The van der Waals surface area contributed by atoms with Gasteiger partial charge in [0.1, 0.15) is 0 Å². The van der Waals surface area contributed by atoms with Crippen molar-refractivity contribution in [1.29, 1.82) is 0 Å². The van der Waals surface area contributed by atoms with E-state index < -0.39 is 0 Å². The van der Waals surface area contributed by atoms with Crippen LogP contribution in [-0.2, 0) is 11.2 Å². The second-order valence-electron chi connectivity index (χ2n) is 5.70. The number of halogens is 1. The van der Waals surface area contributed by atoms with E-state index in [0.29, 0.717) is 12.5 Å². The molecule has 2 rings (SSSR count). The maximum atomic E-state index is 12.0. The van der Waals surface area contributed by atoms with Gasteiger partial charge in [0.25, 0.3) is 0 Å². The van der Waals surface area contributed by atoms with Gasteiger partial charge in [-0.25, -0.2) is 0 Å². The lowest BCUT2D eigenvalue weighted by Crippen LogP contribution is -2.23. The highest BCUT2D eigenvalue weighted by Gasteiger charge is 2.05. The zero-order valence-corrected chi connectivity index (χ0v) is 16.1. The molecule has 0 heterocycles. The summed E-state index contributed by atoms with van der Waals surface area (Å²) in [4.78, 5) is 16.2. The molecule has 0 aliphatic rings. The highest BCUT2D eigenvalue weighted by Crippen LogP contribution is 2.20. The Morgan fingerprint density at radius 1 is 1.20 bits per heavy atom. The summed E-state index contributed by atoms with van der Waals surface area (Å²) in [6, 6.07) is 13.7. The number of aryl methyl sites for hydroxylation is 2. The number of hydrogen-bond donors (Lipinski definition) is 3. The summed E-state index contributed by atoms with van der Waals surface area (Å²) in [6.07, 6.45) is 1.23. The van der Waals surface area contributed by atoms with Crippen LogP contribution in [0.5, 0.6) is 0 Å². The van der Waals surface area contributed by atoms with Crippen LogP contribution in [0.25, 0.3) is 0 Å². The third-order valence-corrected chi connectivity index (χ3v) is 4.18. The normalized spacial score (nSPS) is 11.2. The molecule has 0 aliphatic heterocycles. The Hall–Kier alpha value is -2.34. The fourth-order valence-corrected chi connectivity index (χ4v) is 2.79. The zero-order chi connectivity index (χ0) is 18.2. The van der Waals surface area contributed by atoms with Gasteiger partial charge in [0.05, 0.1) is 6.54 Å². The lowest BCUT2D eigenvalue weighted by molar-refractivity contribution is -0.116. The first-order valence-corrected chi connectivity index (χ1v) is 8.99. The molecule has 0 unspecified atom stereocenters. The number of aliphatic imine (C=N–C) groups is 1. The highest BCUT2D eigenvalue weighted by molar-refractivity contribution is 9.10. The van der Waals surface area contributed by atoms with Crippen molar-refractivity contribution >= 4 is 39.2 Å². The van der Waals surface area contributed by atoms with Gasteiger partial charge >= 0.3 is 0 Å². The Bertz CT molecular complexity index is 774. The lowest BCUT2D eigenvalue weighted by atomic mass is 10.1. The number of nitrogens with zero attached hydrogens (tertiary/aromatic N) is 1. The molecule has 4 N–H and O–H groups in total. The number of anilines is 2. The average molecular weight is 403 g/mol. The van der Waals surface area contributed by atoms with E-state index in [1.807, 2.05) is 43.3 Å². The Labute approximate surface area is 156 Å². The predicted molar refractivity (Wildman–Crippen MR) is 108 cm³/mol. The maximum absolute atomic E-state index is 12.0. The molecule has 2 aromatic carbocycles. The number of guanidine groups is 1. The van der Waals surface area contributed by atoms with Crippen LogP contribution >= 0.6 is 15.9 Å². The largest absolute Gasteiger partial charge is 0.370 e. The number of benzene rings is 2. The zero-order valence-electron chi connectivity index (χ0n) is 14.5. The summed E-state index contributed by atoms with van der Waals surface area (Å²) in [5, 5.41) is 5.93. The maximum Gasteiger partial charge on any atom is 0.226 e. The third kappa shape index (κ3) is 6.23. The van der Waals surface area contributed by atoms with Crippen molar-refractivity contribution in [1.82, 2.24) is 0 Å². The molecule has 132 valence electrons. The topological polar surface area (TPSA) is 79.5 Å². The van der Waals surface area contributed by atoms with Crippen LogP contribution in [0.1, 0.15) is 24.5 Å². The van der Waals surface area contributed by atoms with Gasteiger partial charge in [-0.05, 0) is 54.8 Å². The number of amides is 1. The number of nitrogens with two attached hydrogens (primary N) is 1. The van der Waals surface area contributed by atoms with Crippen LogP contribution in [0.3, 0.4) is 0 Å². The SMILES string of the molecule is CCc1cccc(NC(N)=NCCC(=O)Nc2ccc(Br)cc2C)c1. The van der Waals surface area contributed by atoms with Gasteiger partial charge in [0.15, 0.2) is 5.96 Å². The highest BCUT2D eigenvalue weighted by atomic mass is 79.9. The van der Waals surface area contributed by atoms with Gasteiger partial charge in [-0.2, -0.15) is 0 Å². The summed E-state index contributed by atoms with van der Waals surface area (Å²) in [6.45, 7) is 4.38. The molecular formula is C19H23BrN4O. The van der Waals surface area contributed by atoms with E-state index in [2.05, 4.69) is 44.5 Å². The molecule has 0 bridgehead atoms. The van der Waals surface area contributed by atoms with E-state index in [1.54, 1.807) is 0 Å². The first kappa shape index (κ1) is 19.0. The molecule has 0 atom stereocenters. The summed E-state index contributed by atoms with van der Waals surface area (Å²) >= 11 is 3.41. The van der Waals surface area contributed by atoms with Gasteiger partial charge < -0.3 is 16.4 Å². The van der Waals surface area contributed by atoms with Crippen LogP contribution in [0.4, 0.5) is 11.4 Å². The van der Waals surface area contributed by atoms with Gasteiger partial charge in [-0.1, -0.05) is 35.0 Å². The van der Waals surface area contributed by atoms with Gasteiger partial charge in [0, 0.05) is 22.3 Å². The van der Waals surface area contributed by atoms with Crippen LogP contribution in [0.15, 0.2) is 51.9 Å². The van der Waals surface area contributed by atoms with E-state index in [-0.39, 0.29) is 12.3 Å². The first-order valence-electron chi connectivity index (χ1n) is 8.20. The summed E-state index contributed by atoms with van der Waals surface area (Å²) in [7, 11) is 0. The molecule has 6 heteroatoms. The van der Waals surface area contributed by atoms with Gasteiger partial charge in [-0.15, -0.1) is 0 Å². The van der Waals surface area contributed by atoms with Crippen LogP contribution in [-0.4, -0.2) is 18.4 Å². The molecule has 0 saturated carbocycles. The third-order valence-electron chi connectivity index (χ3n) is 3.69. The molecular weight excluding hydrogens is 380 g/mol. The van der Waals surface area contributed by atoms with E-state index in [9.17, 15) is 4.79 Å². The van der Waals surface area contributed by atoms with E-state index in [1.165, 1.54) is 5.56 Å². The minimum atomic E-state index is -0.0880. The Morgan fingerprint density at radius 3 is 2.72 bits per heavy atom. The minimum Gasteiger partial charge on any atom is -0.370 e. The fourth-order valence-electron chi connectivity index (χ4n) is 2.31. The molecule has 0 fully saturated rings. The number of carbonyl (C=O) groups excluding carboxylic acids is 1. The van der Waals surface area contributed by atoms with E-state index >= 15 is 0 Å². The minimum absolute atomic E-state index is 0.0880. The predicted octanol–water partition coefficient (Wildman–Crippen LogP) is 4.08. The molecule has 0 aromatic heterocycles. The van der Waals surface area contributed by atoms with Crippen LogP contribution in [0.2, 0.25) is 0 Å². The Balaban J connectivity index is 1.83. The fraction of sp³-hybridized carbons (Fsp3) is 0.263. The summed E-state index contributed by atoms with van der Waals surface area (Å²) in [5.74, 6) is 0.218. The Kier molecular flexibility index (Phi) is 7.01. The number of rotatable bonds is 6. The molecule has 5 nitrogen and oxygen atoms in total. The summed E-state index contributed by atoms with van der Waals surface area (Å²) in [5.41, 5.74) is 9.81. The van der Waals surface area contributed by atoms with Crippen LogP contribution < -0.4 is 16.4 Å². The average Bonchev–Trinajstić information content (AvgIpc) is 2.57. The van der Waals surface area contributed by atoms with Crippen molar-refractivity contribution in [3.63, 3.8) is 0 Å². The second-order valence-corrected chi connectivity index (χ2v) is 6.62. The van der Waals surface area contributed by atoms with Gasteiger partial charge in [0.2, 0.25) is 5.91 Å². The molecule has 1 amide bonds. The molecule has 0 aliphatic carbocycles. The smallest absolute Gasteiger partial charge is 0.226 e. The summed E-state index contributed by atoms with van der Waals surface area (Å²) < 4.78 is 0.985. The number of nitrogens with one attached hydrogen (secondary N) is 2. The molecule has 2 aromatic rings. The van der Waals surface area contributed by atoms with Crippen molar-refractivity contribution < 1.29 is 4.79 Å². The molecule has 0 saturated heterocycles.